The van der Waals surface area contributed by atoms with Gasteiger partial charge in [-0.3, -0.25) is 4.55 Å². The smallest absolute Gasteiger partial charge is 0.306 e. The lowest BCUT2D eigenvalue weighted by Gasteiger charge is -2.10. The zero-order chi connectivity index (χ0) is 19.5. The topological polar surface area (TPSA) is 72.8 Å². The van der Waals surface area contributed by atoms with Crippen LogP contribution in [-0.4, -0.2) is 31.6 Å². The maximum Gasteiger partial charge on any atom is 0.306 e. The van der Waals surface area contributed by atoms with Gasteiger partial charge in [0, 0.05) is 13.0 Å². The second-order valence-corrected chi connectivity index (χ2v) is 8.20. The molecule has 1 atom stereocenters. The van der Waals surface area contributed by atoms with E-state index in [1.54, 1.807) is 6.92 Å². The Morgan fingerprint density at radius 2 is 1.35 bits per heavy atom. The molecule has 0 saturated carbocycles. The third-order valence-corrected chi connectivity index (χ3v) is 5.10. The Hall–Kier alpha value is -0.770. The molecule has 0 saturated heterocycles. The predicted octanol–water partition coefficient (Wildman–Crippen LogP) is 5.31. The van der Waals surface area contributed by atoms with E-state index in [9.17, 15) is 8.42 Å². The van der Waals surface area contributed by atoms with Gasteiger partial charge in [-0.15, -0.1) is 0 Å². The first-order valence-corrected chi connectivity index (χ1v) is 11.7. The molecule has 0 aromatic rings. The van der Waals surface area contributed by atoms with Gasteiger partial charge in [0.05, 0.1) is 0 Å². The maximum absolute atomic E-state index is 11.1. The number of ether oxygens (including phenoxy) is 2. The SMILES string of the molecule is CCCCCCCCCCCCCCC#COC(COCC)S(=O)(=O)O. The van der Waals surface area contributed by atoms with Gasteiger partial charge < -0.3 is 9.47 Å². The van der Waals surface area contributed by atoms with Crippen LogP contribution in [0, 0.1) is 12.0 Å². The van der Waals surface area contributed by atoms with Gasteiger partial charge in [0.25, 0.3) is 5.44 Å². The van der Waals surface area contributed by atoms with Gasteiger partial charge in [-0.25, -0.2) is 0 Å². The maximum atomic E-state index is 11.1. The molecule has 0 radical (unpaired) electrons. The Balaban J connectivity index is 3.54. The van der Waals surface area contributed by atoms with Crippen molar-refractivity contribution in [3.63, 3.8) is 0 Å². The number of hydrogen-bond acceptors (Lipinski definition) is 4. The fraction of sp³-hybridized carbons (Fsp3) is 0.900. The molecule has 0 heterocycles. The minimum atomic E-state index is -4.31. The van der Waals surface area contributed by atoms with E-state index in [2.05, 4.69) is 19.0 Å². The average molecular weight is 391 g/mol. The Morgan fingerprint density at radius 1 is 0.846 bits per heavy atom. The van der Waals surface area contributed by atoms with E-state index in [-0.39, 0.29) is 6.61 Å². The summed E-state index contributed by atoms with van der Waals surface area (Å²) in [5, 5.41) is 0. The molecule has 0 rings (SSSR count). The van der Waals surface area contributed by atoms with Gasteiger partial charge in [-0.1, -0.05) is 83.5 Å². The second kappa shape index (κ2) is 17.6. The van der Waals surface area contributed by atoms with Crippen molar-refractivity contribution in [1.29, 1.82) is 0 Å². The molecule has 0 amide bonds. The van der Waals surface area contributed by atoms with Gasteiger partial charge in [0.2, 0.25) is 0 Å². The molecule has 154 valence electrons. The zero-order valence-electron chi connectivity index (χ0n) is 16.7. The lowest BCUT2D eigenvalue weighted by Crippen LogP contribution is -2.27. The minimum absolute atomic E-state index is 0.220. The van der Waals surface area contributed by atoms with E-state index in [0.717, 1.165) is 12.8 Å². The average Bonchev–Trinajstić information content (AvgIpc) is 2.59. The van der Waals surface area contributed by atoms with Crippen LogP contribution in [0.4, 0.5) is 0 Å². The molecule has 6 heteroatoms. The molecular formula is C20H38O5S. The van der Waals surface area contributed by atoms with E-state index in [0.29, 0.717) is 13.0 Å². The van der Waals surface area contributed by atoms with E-state index < -0.39 is 15.6 Å². The predicted molar refractivity (Wildman–Crippen MR) is 106 cm³/mol. The minimum Gasteiger partial charge on any atom is -0.422 e. The summed E-state index contributed by atoms with van der Waals surface area (Å²) in [7, 11) is -4.31. The van der Waals surface area contributed by atoms with Crippen LogP contribution >= 0.6 is 0 Å². The van der Waals surface area contributed by atoms with Crippen molar-refractivity contribution >= 4 is 10.1 Å². The highest BCUT2D eigenvalue weighted by Crippen LogP contribution is 2.12. The first kappa shape index (κ1) is 25.2. The summed E-state index contributed by atoms with van der Waals surface area (Å²) >= 11 is 0. The molecule has 1 N–H and O–H groups in total. The number of rotatable bonds is 17. The third-order valence-electron chi connectivity index (χ3n) is 4.21. The van der Waals surface area contributed by atoms with Crippen molar-refractivity contribution in [2.45, 2.75) is 103 Å². The summed E-state index contributed by atoms with van der Waals surface area (Å²) in [4.78, 5) is 0. The summed E-state index contributed by atoms with van der Waals surface area (Å²) in [5.41, 5.74) is -1.43. The molecule has 0 fully saturated rings. The summed E-state index contributed by atoms with van der Waals surface area (Å²) in [6.07, 6.45) is 18.5. The summed E-state index contributed by atoms with van der Waals surface area (Å²) in [5.74, 6) is 2.80. The number of hydrogen-bond donors (Lipinski definition) is 1. The first-order chi connectivity index (χ1) is 12.5. The molecule has 0 aromatic carbocycles. The molecule has 0 spiro atoms. The van der Waals surface area contributed by atoms with Crippen LogP contribution in [0.5, 0.6) is 0 Å². The third kappa shape index (κ3) is 16.7. The highest BCUT2D eigenvalue weighted by Gasteiger charge is 2.24. The number of unbranched alkanes of at least 4 members (excludes halogenated alkanes) is 12. The standard InChI is InChI=1S/C20H38O5S/c1-3-5-6-7-8-9-10-11-12-13-14-15-16-17-18-25-20(19-24-4-2)26(21,22)23/h20H,3-16,19H2,1-2H3,(H,21,22,23). The molecule has 0 aliphatic heterocycles. The van der Waals surface area contributed by atoms with Crippen LogP contribution in [0.25, 0.3) is 0 Å². The Kier molecular flexibility index (Phi) is 17.1. The van der Waals surface area contributed by atoms with Crippen molar-refractivity contribution in [1.82, 2.24) is 0 Å². The van der Waals surface area contributed by atoms with Crippen LogP contribution in [0.1, 0.15) is 97.3 Å². The van der Waals surface area contributed by atoms with Gasteiger partial charge in [-0.2, -0.15) is 8.42 Å². The summed E-state index contributed by atoms with van der Waals surface area (Å²) in [6, 6.07) is 0. The van der Waals surface area contributed by atoms with E-state index in [1.807, 2.05) is 0 Å². The quantitative estimate of drug-likeness (QED) is 0.207. The molecule has 0 aliphatic rings. The van der Waals surface area contributed by atoms with Gasteiger partial charge in [0.15, 0.2) is 0 Å². The van der Waals surface area contributed by atoms with Crippen molar-refractivity contribution in [2.75, 3.05) is 13.2 Å². The zero-order valence-corrected chi connectivity index (χ0v) is 17.5. The Bertz CT molecular complexity index is 464. The van der Waals surface area contributed by atoms with Gasteiger partial charge in [-0.05, 0) is 13.3 Å². The van der Waals surface area contributed by atoms with Gasteiger partial charge >= 0.3 is 10.1 Å². The summed E-state index contributed by atoms with van der Waals surface area (Å²) in [6.45, 7) is 4.11. The Labute approximate surface area is 161 Å². The van der Waals surface area contributed by atoms with Crippen molar-refractivity contribution < 1.29 is 22.4 Å². The monoisotopic (exact) mass is 390 g/mol. The second-order valence-electron chi connectivity index (χ2n) is 6.64. The molecular weight excluding hydrogens is 352 g/mol. The molecule has 0 aromatic heterocycles. The van der Waals surface area contributed by atoms with Crippen LogP contribution in [0.15, 0.2) is 0 Å². The summed E-state index contributed by atoms with van der Waals surface area (Å²) < 4.78 is 41.1. The van der Waals surface area contributed by atoms with Crippen molar-refractivity contribution in [2.24, 2.45) is 0 Å². The van der Waals surface area contributed by atoms with Crippen molar-refractivity contribution in [3.05, 3.63) is 0 Å². The van der Waals surface area contributed by atoms with Crippen molar-refractivity contribution in [3.8, 4) is 12.0 Å². The van der Waals surface area contributed by atoms with Crippen LogP contribution in [-0.2, 0) is 19.6 Å². The van der Waals surface area contributed by atoms with Crippen LogP contribution in [0.3, 0.4) is 0 Å². The first-order valence-electron chi connectivity index (χ1n) is 10.2. The lowest BCUT2D eigenvalue weighted by molar-refractivity contribution is 0.0755. The van der Waals surface area contributed by atoms with E-state index >= 15 is 0 Å². The lowest BCUT2D eigenvalue weighted by atomic mass is 10.0. The van der Waals surface area contributed by atoms with Crippen LogP contribution < -0.4 is 0 Å². The van der Waals surface area contributed by atoms with Gasteiger partial charge in [0.1, 0.15) is 12.7 Å². The Morgan fingerprint density at radius 3 is 1.81 bits per heavy atom. The molecule has 0 bridgehead atoms. The normalized spacial score (nSPS) is 12.4. The molecule has 5 nitrogen and oxygen atoms in total. The largest absolute Gasteiger partial charge is 0.422 e. The fourth-order valence-electron chi connectivity index (χ4n) is 2.61. The highest BCUT2D eigenvalue weighted by atomic mass is 32.2. The van der Waals surface area contributed by atoms with Crippen LogP contribution in [0.2, 0.25) is 0 Å². The van der Waals surface area contributed by atoms with E-state index in [1.165, 1.54) is 64.2 Å². The van der Waals surface area contributed by atoms with E-state index in [4.69, 9.17) is 14.0 Å². The fourth-order valence-corrected chi connectivity index (χ4v) is 3.05. The molecule has 1 unspecified atom stereocenters. The highest BCUT2D eigenvalue weighted by molar-refractivity contribution is 7.86. The molecule has 0 aliphatic carbocycles. The molecule has 26 heavy (non-hydrogen) atoms.